The minimum Gasteiger partial charge on any atom is -0.251 e. The number of rotatable bonds is 3. The highest BCUT2D eigenvalue weighted by Crippen LogP contribution is 2.36. The van der Waals surface area contributed by atoms with Gasteiger partial charge in [0, 0.05) is 24.4 Å². The van der Waals surface area contributed by atoms with Crippen LogP contribution >= 0.6 is 11.6 Å². The maximum atomic E-state index is 13.0. The van der Waals surface area contributed by atoms with Crippen molar-refractivity contribution in [1.29, 1.82) is 0 Å². The van der Waals surface area contributed by atoms with Gasteiger partial charge >= 0.3 is 6.18 Å². The summed E-state index contributed by atoms with van der Waals surface area (Å²) in [5.41, 5.74) is -0.411. The van der Waals surface area contributed by atoms with Gasteiger partial charge in [0.05, 0.1) is 0 Å². The van der Waals surface area contributed by atoms with Gasteiger partial charge in [-0.2, -0.15) is 13.2 Å². The van der Waals surface area contributed by atoms with Crippen LogP contribution in [0, 0.1) is 6.07 Å². The summed E-state index contributed by atoms with van der Waals surface area (Å²) in [5.74, 6) is -0.679. The Morgan fingerprint density at radius 3 is 2.60 bits per heavy atom. The number of allylic oxidation sites excluding steroid dienone is 1. The molecule has 2 aromatic rings. The summed E-state index contributed by atoms with van der Waals surface area (Å²) in [5, 5.41) is 0.269. The van der Waals surface area contributed by atoms with E-state index in [2.05, 4.69) is 22.6 Å². The number of alkyl halides is 3. The second-order valence-corrected chi connectivity index (χ2v) is 4.39. The topological polar surface area (TPSA) is 25.8 Å². The van der Waals surface area contributed by atoms with Gasteiger partial charge in [-0.05, 0) is 23.3 Å². The summed E-state index contributed by atoms with van der Waals surface area (Å²) in [6.45, 7) is 3.59. The molecule has 0 aromatic carbocycles. The molecule has 0 aliphatic carbocycles. The van der Waals surface area contributed by atoms with Crippen LogP contribution in [-0.4, -0.2) is 9.97 Å². The molecule has 1 atom stereocenters. The van der Waals surface area contributed by atoms with Crippen LogP contribution in [-0.2, 0) is 6.18 Å². The number of pyridine rings is 2. The SMILES string of the molecule is C=CC(c1ccc(Cl)nc1)c1c[c]cnc1C(F)(F)F. The summed E-state index contributed by atoms with van der Waals surface area (Å²) < 4.78 is 38.9. The Balaban J connectivity index is 2.53. The van der Waals surface area contributed by atoms with Crippen LogP contribution in [0.15, 0.2) is 43.2 Å². The van der Waals surface area contributed by atoms with E-state index in [4.69, 9.17) is 11.6 Å². The average Bonchev–Trinajstić information content (AvgIpc) is 2.41. The van der Waals surface area contributed by atoms with Crippen molar-refractivity contribution in [2.75, 3.05) is 0 Å². The highest BCUT2D eigenvalue weighted by atomic mass is 35.5. The fourth-order valence-electron chi connectivity index (χ4n) is 1.86. The molecule has 0 aliphatic heterocycles. The molecule has 1 unspecified atom stereocenters. The molecule has 103 valence electrons. The number of nitrogens with zero attached hydrogens (tertiary/aromatic N) is 2. The zero-order valence-electron chi connectivity index (χ0n) is 10.2. The van der Waals surface area contributed by atoms with Crippen molar-refractivity contribution in [3.8, 4) is 0 Å². The molecule has 0 spiro atoms. The monoisotopic (exact) mass is 297 g/mol. The Morgan fingerprint density at radius 1 is 1.30 bits per heavy atom. The Hall–Kier alpha value is -1.88. The molecular weight excluding hydrogens is 289 g/mol. The summed E-state index contributed by atoms with van der Waals surface area (Å²) in [6.07, 6.45) is -0.717. The van der Waals surface area contributed by atoms with Crippen LogP contribution in [0.3, 0.4) is 0 Å². The molecule has 1 radical (unpaired) electrons. The molecule has 0 bridgehead atoms. The molecule has 0 saturated carbocycles. The van der Waals surface area contributed by atoms with E-state index in [0.717, 1.165) is 6.20 Å². The van der Waals surface area contributed by atoms with Gasteiger partial charge in [0.1, 0.15) is 10.8 Å². The van der Waals surface area contributed by atoms with Gasteiger partial charge < -0.3 is 0 Å². The number of hydrogen-bond donors (Lipinski definition) is 0. The van der Waals surface area contributed by atoms with E-state index in [1.165, 1.54) is 24.4 Å². The fourth-order valence-corrected chi connectivity index (χ4v) is 1.97. The molecule has 0 N–H and O–H groups in total. The highest BCUT2D eigenvalue weighted by Gasteiger charge is 2.36. The van der Waals surface area contributed by atoms with Crippen molar-refractivity contribution in [1.82, 2.24) is 9.97 Å². The van der Waals surface area contributed by atoms with Gasteiger partial charge in [-0.25, -0.2) is 4.98 Å². The molecule has 2 nitrogen and oxygen atoms in total. The lowest BCUT2D eigenvalue weighted by Crippen LogP contribution is -2.14. The first-order valence-electron chi connectivity index (χ1n) is 5.60. The summed E-state index contributed by atoms with van der Waals surface area (Å²) in [7, 11) is 0. The third-order valence-corrected chi connectivity index (χ3v) is 2.95. The Morgan fingerprint density at radius 2 is 2.05 bits per heavy atom. The number of halogens is 4. The molecule has 20 heavy (non-hydrogen) atoms. The first kappa shape index (κ1) is 14.5. The highest BCUT2D eigenvalue weighted by molar-refractivity contribution is 6.29. The second-order valence-electron chi connectivity index (χ2n) is 4.00. The Bertz CT molecular complexity index is 609. The van der Waals surface area contributed by atoms with Crippen molar-refractivity contribution in [3.05, 3.63) is 71.3 Å². The van der Waals surface area contributed by atoms with Crippen LogP contribution in [0.2, 0.25) is 5.15 Å². The Kier molecular flexibility index (Phi) is 4.09. The van der Waals surface area contributed by atoms with Gasteiger partial charge in [0.15, 0.2) is 0 Å². The van der Waals surface area contributed by atoms with E-state index < -0.39 is 17.8 Å². The van der Waals surface area contributed by atoms with Gasteiger partial charge in [0.25, 0.3) is 0 Å². The molecular formula is C14H9ClF3N2. The second kappa shape index (κ2) is 5.63. The minimum absolute atomic E-state index is 0.0147. The fraction of sp³-hybridized carbons (Fsp3) is 0.143. The van der Waals surface area contributed by atoms with Gasteiger partial charge in [-0.15, -0.1) is 6.58 Å². The number of aromatic nitrogens is 2. The van der Waals surface area contributed by atoms with Gasteiger partial charge in [-0.3, -0.25) is 4.98 Å². The van der Waals surface area contributed by atoms with E-state index in [0.29, 0.717) is 5.56 Å². The third-order valence-electron chi connectivity index (χ3n) is 2.73. The summed E-state index contributed by atoms with van der Waals surface area (Å²) in [4.78, 5) is 7.26. The first-order chi connectivity index (χ1) is 9.43. The van der Waals surface area contributed by atoms with Crippen molar-refractivity contribution >= 4 is 11.6 Å². The van der Waals surface area contributed by atoms with Crippen molar-refractivity contribution in [3.63, 3.8) is 0 Å². The molecule has 0 amide bonds. The largest absolute Gasteiger partial charge is 0.433 e. The standard InChI is InChI=1S/C14H9ClF3N2/c1-2-10(9-5-6-12(15)20-8-9)11-4-3-7-19-13(11)14(16,17)18/h2,4-8,10H,1H2. The van der Waals surface area contributed by atoms with E-state index in [-0.39, 0.29) is 10.7 Å². The van der Waals surface area contributed by atoms with Crippen LogP contribution in [0.4, 0.5) is 13.2 Å². The molecule has 6 heteroatoms. The molecule has 0 aliphatic rings. The third kappa shape index (κ3) is 2.99. The Labute approximate surface area is 118 Å². The summed E-state index contributed by atoms with van der Waals surface area (Å²) in [6, 6.07) is 6.95. The predicted molar refractivity (Wildman–Crippen MR) is 69.4 cm³/mol. The summed E-state index contributed by atoms with van der Waals surface area (Å²) >= 11 is 5.67. The van der Waals surface area contributed by atoms with Crippen molar-refractivity contribution < 1.29 is 13.2 Å². The smallest absolute Gasteiger partial charge is 0.251 e. The van der Waals surface area contributed by atoms with Crippen molar-refractivity contribution in [2.24, 2.45) is 0 Å². The van der Waals surface area contributed by atoms with Crippen LogP contribution in [0.1, 0.15) is 22.7 Å². The van der Waals surface area contributed by atoms with E-state index in [1.54, 1.807) is 6.07 Å². The van der Waals surface area contributed by atoms with Gasteiger partial charge in [-0.1, -0.05) is 23.7 Å². The quantitative estimate of drug-likeness (QED) is 0.624. The molecule has 0 saturated heterocycles. The maximum absolute atomic E-state index is 13.0. The van der Waals surface area contributed by atoms with E-state index in [1.807, 2.05) is 0 Å². The number of hydrogen-bond acceptors (Lipinski definition) is 2. The maximum Gasteiger partial charge on any atom is 0.433 e. The molecule has 0 fully saturated rings. The first-order valence-corrected chi connectivity index (χ1v) is 5.98. The zero-order valence-corrected chi connectivity index (χ0v) is 10.9. The lowest BCUT2D eigenvalue weighted by molar-refractivity contribution is -0.141. The average molecular weight is 298 g/mol. The van der Waals surface area contributed by atoms with Crippen LogP contribution in [0.5, 0.6) is 0 Å². The van der Waals surface area contributed by atoms with E-state index >= 15 is 0 Å². The van der Waals surface area contributed by atoms with Crippen molar-refractivity contribution in [2.45, 2.75) is 12.1 Å². The lowest BCUT2D eigenvalue weighted by Gasteiger charge is -2.17. The zero-order chi connectivity index (χ0) is 14.8. The lowest BCUT2D eigenvalue weighted by atomic mass is 9.91. The normalized spacial score (nSPS) is 13.0. The van der Waals surface area contributed by atoms with Gasteiger partial charge in [0.2, 0.25) is 0 Å². The molecule has 2 heterocycles. The van der Waals surface area contributed by atoms with Crippen LogP contribution < -0.4 is 0 Å². The van der Waals surface area contributed by atoms with Crippen LogP contribution in [0.25, 0.3) is 0 Å². The molecule has 2 aromatic heterocycles. The molecule has 2 rings (SSSR count). The predicted octanol–water partition coefficient (Wildman–Crippen LogP) is 4.27. The minimum atomic E-state index is -4.54. The van der Waals surface area contributed by atoms with E-state index in [9.17, 15) is 13.2 Å².